The van der Waals surface area contributed by atoms with Crippen LogP contribution in [0, 0.1) is 17.8 Å². The molecule has 15 nitrogen and oxygen atoms in total. The summed E-state index contributed by atoms with van der Waals surface area (Å²) in [5, 5.41) is 81.8. The monoisotopic (exact) mass is 912 g/mol. The number of hydrogen-bond acceptors (Lipinski definition) is 15. The Labute approximate surface area is 382 Å². The minimum Gasteiger partial charge on any atom is -0.459 e. The Bertz CT molecular complexity index is 1550. The van der Waals surface area contributed by atoms with Crippen LogP contribution in [0.2, 0.25) is 0 Å². The van der Waals surface area contributed by atoms with E-state index in [1.807, 2.05) is 54.8 Å². The lowest BCUT2D eigenvalue weighted by atomic mass is 9.79. The smallest absolute Gasteiger partial charge is 0.330 e. The molecule has 1 spiro atoms. The van der Waals surface area contributed by atoms with Crippen LogP contribution in [-0.4, -0.2) is 156 Å². The molecular weight excluding hydrogens is 827 g/mol. The normalized spacial score (nSPS) is 47.3. The van der Waals surface area contributed by atoms with E-state index in [0.717, 1.165) is 44.3 Å². The number of aliphatic hydroxyl groups is 7. The van der Waals surface area contributed by atoms with Gasteiger partial charge < -0.3 is 69.1 Å². The molecule has 0 aliphatic carbocycles. The average molecular weight is 912 g/mol. The predicted octanol–water partition coefficient (Wildman–Crippen LogP) is 4.78. The van der Waals surface area contributed by atoms with E-state index >= 15 is 0 Å². The van der Waals surface area contributed by atoms with Crippen molar-refractivity contribution < 1.29 is 69.0 Å². The number of nitrogens with zero attached hydrogens (tertiary/aromatic N) is 1. The number of hydrogen-bond donors (Lipinski definition) is 7. The van der Waals surface area contributed by atoms with Crippen LogP contribution in [0.1, 0.15) is 152 Å². The van der Waals surface area contributed by atoms with Gasteiger partial charge in [-0.3, -0.25) is 0 Å². The Morgan fingerprint density at radius 3 is 2.25 bits per heavy atom. The second-order valence-corrected chi connectivity index (χ2v) is 21.4. The Morgan fingerprint density at radius 1 is 0.859 bits per heavy atom. The van der Waals surface area contributed by atoms with Gasteiger partial charge in [0.1, 0.15) is 23.9 Å². The molecule has 18 atom stereocenters. The zero-order valence-electron chi connectivity index (χ0n) is 40.4. The average Bonchev–Trinajstić information content (AvgIpc) is 3.45. The molecule has 4 saturated heterocycles. The zero-order chi connectivity index (χ0) is 47.4. The third-order valence-electron chi connectivity index (χ3n) is 15.0. The Morgan fingerprint density at radius 2 is 1.58 bits per heavy atom. The van der Waals surface area contributed by atoms with Crippen molar-refractivity contribution in [3.05, 3.63) is 24.3 Å². The van der Waals surface area contributed by atoms with Crippen molar-refractivity contribution in [2.45, 2.75) is 247 Å². The van der Waals surface area contributed by atoms with Crippen LogP contribution in [0.15, 0.2) is 24.3 Å². The number of allylic oxidation sites excluding steroid dienone is 1. The molecule has 2 bridgehead atoms. The maximum atomic E-state index is 13.8. The Kier molecular flexibility index (Phi) is 18.2. The van der Waals surface area contributed by atoms with Crippen LogP contribution >= 0.6 is 0 Å². The van der Waals surface area contributed by atoms with Gasteiger partial charge in [-0.2, -0.15) is 0 Å². The first-order valence-electron chi connectivity index (χ1n) is 24.3. The highest BCUT2D eigenvalue weighted by Gasteiger charge is 2.56. The van der Waals surface area contributed by atoms with E-state index in [9.17, 15) is 40.5 Å². The van der Waals surface area contributed by atoms with E-state index in [0.29, 0.717) is 44.9 Å². The molecule has 64 heavy (non-hydrogen) atoms. The topological polar surface area (TPSA) is 217 Å². The summed E-state index contributed by atoms with van der Waals surface area (Å²) in [6, 6.07) is 0.128. The van der Waals surface area contributed by atoms with Crippen LogP contribution in [0.5, 0.6) is 0 Å². The van der Waals surface area contributed by atoms with E-state index in [-0.39, 0.29) is 43.4 Å². The number of ether oxygens (including phenoxy) is 6. The van der Waals surface area contributed by atoms with Crippen molar-refractivity contribution in [3.63, 3.8) is 0 Å². The van der Waals surface area contributed by atoms with Gasteiger partial charge in [0.2, 0.25) is 0 Å². The first-order valence-corrected chi connectivity index (χ1v) is 24.3. The van der Waals surface area contributed by atoms with Crippen LogP contribution in [0.4, 0.5) is 0 Å². The fourth-order valence-electron chi connectivity index (χ4n) is 10.9. The first kappa shape index (κ1) is 53.4. The SMILES string of the molecule is CC[C@@H](O)C[C@H]1CCC[C@@]2(CC3OC(=O)/C=C/[C@@](C)(O)[C@@H](O)[C@H](C)[C@@H](O)[C@H](OC4CCC(N(C)C)C(C)O4)[C@@H](O)[C@](C)(O)CCCCC/C=C\C4CC(C)(C)O[C@@]4(O)CC(O2)[C@@H]3C)O1. The molecule has 5 aliphatic heterocycles. The minimum absolute atomic E-state index is 0.0790. The van der Waals surface area contributed by atoms with Crippen molar-refractivity contribution in [2.75, 3.05) is 14.1 Å². The molecule has 15 heteroatoms. The third kappa shape index (κ3) is 13.4. The molecule has 0 aromatic rings. The molecule has 4 fully saturated rings. The number of rotatable bonds is 6. The van der Waals surface area contributed by atoms with Gasteiger partial charge in [0.25, 0.3) is 0 Å². The highest BCUT2D eigenvalue weighted by molar-refractivity contribution is 5.82. The van der Waals surface area contributed by atoms with Gasteiger partial charge in [-0.1, -0.05) is 45.8 Å². The van der Waals surface area contributed by atoms with Crippen molar-refractivity contribution in [1.29, 1.82) is 0 Å². The van der Waals surface area contributed by atoms with Gasteiger partial charge in [-0.15, -0.1) is 0 Å². The maximum Gasteiger partial charge on any atom is 0.330 e. The predicted molar refractivity (Wildman–Crippen MR) is 239 cm³/mol. The molecule has 5 aliphatic rings. The second kappa shape index (κ2) is 21.8. The largest absolute Gasteiger partial charge is 0.459 e. The van der Waals surface area contributed by atoms with Gasteiger partial charge in [0.15, 0.2) is 17.9 Å². The summed E-state index contributed by atoms with van der Waals surface area (Å²) >= 11 is 0. The van der Waals surface area contributed by atoms with Crippen molar-refractivity contribution >= 4 is 5.97 Å². The molecule has 0 radical (unpaired) electrons. The molecule has 370 valence electrons. The molecule has 5 heterocycles. The first-order chi connectivity index (χ1) is 29.8. The number of likely N-dealkylation sites (N-methyl/N-ethyl adjacent to an activating group) is 1. The number of esters is 1. The lowest BCUT2D eigenvalue weighted by Gasteiger charge is -2.51. The summed E-state index contributed by atoms with van der Waals surface area (Å²) in [6.45, 7) is 14.0. The van der Waals surface area contributed by atoms with E-state index in [4.69, 9.17) is 28.4 Å². The molecule has 0 amide bonds. The van der Waals surface area contributed by atoms with Crippen LogP contribution in [0.3, 0.4) is 0 Å². The zero-order valence-corrected chi connectivity index (χ0v) is 40.4. The lowest BCUT2D eigenvalue weighted by Crippen LogP contribution is -2.58. The van der Waals surface area contributed by atoms with Gasteiger partial charge in [-0.05, 0) is 119 Å². The van der Waals surface area contributed by atoms with Crippen molar-refractivity contribution in [2.24, 2.45) is 17.8 Å². The molecule has 0 aromatic carbocycles. The van der Waals surface area contributed by atoms with Gasteiger partial charge in [0, 0.05) is 49.1 Å². The number of fused-ring (bicyclic) bond motifs is 3. The minimum atomic E-state index is -2.08. The summed E-state index contributed by atoms with van der Waals surface area (Å²) in [6.07, 6.45) is 4.66. The fraction of sp³-hybridized carbons (Fsp3) is 0.898. The summed E-state index contributed by atoms with van der Waals surface area (Å²) in [5.41, 5.74) is -4.43. The number of carbonyl (C=O) groups excluding carboxylic acids is 1. The summed E-state index contributed by atoms with van der Waals surface area (Å²) < 4.78 is 38.7. The Hall–Kier alpha value is -1.57. The van der Waals surface area contributed by atoms with Crippen molar-refractivity contribution in [3.8, 4) is 0 Å². The van der Waals surface area contributed by atoms with Crippen LogP contribution in [-0.2, 0) is 33.2 Å². The standard InChI is InChI=1S/C49H85NO14/c1-11-34(51)26-35-19-17-24-48(62-35)28-37-30(2)38(63-48)29-49(58)33(27-45(5,6)64-49)18-15-13-12-14-16-23-46(7,56)44(55)42(61-40-21-20-36(50(9)10)32(4)59-40)41(53)31(3)43(54)47(8,57)25-22-39(52)60-37/h15,18,22,25,30-38,40-44,51,53-58H,11-14,16-17,19-21,23-24,26-29H2,1-10H3/b18-15-,25-22+/t30-,31-,32?,33?,34-,35-,36?,37?,38?,40?,41-,42+,43+,44-,46-,47-,48-,49+/m1/s1. The summed E-state index contributed by atoms with van der Waals surface area (Å²) in [7, 11) is 3.94. The molecule has 7 N–H and O–H groups in total. The van der Waals surface area contributed by atoms with Crippen LogP contribution in [0.25, 0.3) is 0 Å². The third-order valence-corrected chi connectivity index (χ3v) is 15.0. The highest BCUT2D eigenvalue weighted by Crippen LogP contribution is 2.49. The lowest BCUT2D eigenvalue weighted by molar-refractivity contribution is -0.352. The van der Waals surface area contributed by atoms with E-state index in [1.54, 1.807) is 0 Å². The molecule has 5 rings (SSSR count). The quantitative estimate of drug-likeness (QED) is 0.141. The summed E-state index contributed by atoms with van der Waals surface area (Å²) in [5.74, 6) is -5.49. The van der Waals surface area contributed by atoms with Gasteiger partial charge in [0.05, 0.1) is 47.8 Å². The highest BCUT2D eigenvalue weighted by atomic mass is 16.7. The molecule has 0 saturated carbocycles. The fourth-order valence-corrected chi connectivity index (χ4v) is 10.9. The van der Waals surface area contributed by atoms with E-state index in [2.05, 4.69) is 11.0 Å². The van der Waals surface area contributed by atoms with Gasteiger partial charge >= 0.3 is 5.97 Å². The molecule has 6 unspecified atom stereocenters. The van der Waals surface area contributed by atoms with E-state index in [1.165, 1.54) is 20.8 Å². The number of aliphatic hydroxyl groups excluding tert-OH is 4. The summed E-state index contributed by atoms with van der Waals surface area (Å²) in [4.78, 5) is 15.8. The molecule has 0 aromatic heterocycles. The maximum absolute atomic E-state index is 13.8. The second-order valence-electron chi connectivity index (χ2n) is 21.4. The Balaban J connectivity index is 1.45. The molecular formula is C49H85NO14. The van der Waals surface area contributed by atoms with Crippen LogP contribution < -0.4 is 0 Å². The van der Waals surface area contributed by atoms with E-state index < -0.39 is 95.2 Å². The van der Waals surface area contributed by atoms with Crippen molar-refractivity contribution in [1.82, 2.24) is 4.90 Å². The van der Waals surface area contributed by atoms with Gasteiger partial charge in [-0.25, -0.2) is 4.79 Å². The number of carbonyl (C=O) groups is 1.